The molecular weight excluding hydrogens is 282 g/mol. The summed E-state index contributed by atoms with van der Waals surface area (Å²) in [6, 6.07) is 4.07. The second-order valence-corrected chi connectivity index (χ2v) is 5.66. The third-order valence-electron chi connectivity index (χ3n) is 4.49. The number of nitrogens with zero attached hydrogens (tertiary/aromatic N) is 1. The molecule has 2 aromatic rings. The number of hydrogen-bond donors (Lipinski definition) is 1. The number of anilines is 1. The lowest BCUT2D eigenvalue weighted by Crippen LogP contribution is -2.40. The van der Waals surface area contributed by atoms with Crippen LogP contribution in [0.15, 0.2) is 22.8 Å². The van der Waals surface area contributed by atoms with Crippen LogP contribution in [0.3, 0.4) is 0 Å². The SMILES string of the molecule is CCN(c1cc2occc2c(C(=O)O)c1C)C1CCOCC1. The number of aromatic carboxylic acids is 1. The molecule has 0 amide bonds. The van der Waals surface area contributed by atoms with Crippen LogP contribution < -0.4 is 4.90 Å². The van der Waals surface area contributed by atoms with E-state index in [1.54, 1.807) is 12.3 Å². The second kappa shape index (κ2) is 6.01. The van der Waals surface area contributed by atoms with Gasteiger partial charge in [0.15, 0.2) is 0 Å². The topological polar surface area (TPSA) is 62.9 Å². The Morgan fingerprint density at radius 3 is 2.77 bits per heavy atom. The zero-order chi connectivity index (χ0) is 15.7. The minimum atomic E-state index is -0.909. The predicted octanol–water partition coefficient (Wildman–Crippen LogP) is 3.44. The fourth-order valence-electron chi connectivity index (χ4n) is 3.40. The molecule has 0 atom stereocenters. The number of fused-ring (bicyclic) bond motifs is 1. The Morgan fingerprint density at radius 2 is 2.14 bits per heavy atom. The summed E-state index contributed by atoms with van der Waals surface area (Å²) < 4.78 is 10.9. The van der Waals surface area contributed by atoms with E-state index in [4.69, 9.17) is 9.15 Å². The van der Waals surface area contributed by atoms with Crippen LogP contribution in [0.5, 0.6) is 0 Å². The van der Waals surface area contributed by atoms with E-state index in [2.05, 4.69) is 11.8 Å². The van der Waals surface area contributed by atoms with Gasteiger partial charge in [-0.1, -0.05) is 0 Å². The summed E-state index contributed by atoms with van der Waals surface area (Å²) in [7, 11) is 0. The standard InChI is InChI=1S/C17H21NO4/c1-3-18(12-4-7-21-8-5-12)14-10-15-13(6-9-22-15)16(11(14)2)17(19)20/h6,9-10,12H,3-5,7-8H2,1-2H3,(H,19,20). The zero-order valence-electron chi connectivity index (χ0n) is 13.0. The Morgan fingerprint density at radius 1 is 1.41 bits per heavy atom. The molecule has 5 heteroatoms. The number of furan rings is 1. The van der Waals surface area contributed by atoms with Gasteiger partial charge in [-0.25, -0.2) is 4.79 Å². The van der Waals surface area contributed by atoms with Crippen molar-refractivity contribution in [2.24, 2.45) is 0 Å². The molecule has 2 heterocycles. The minimum Gasteiger partial charge on any atom is -0.478 e. The lowest BCUT2D eigenvalue weighted by molar-refractivity contribution is 0.0698. The molecule has 1 aromatic carbocycles. The number of rotatable bonds is 4. The van der Waals surface area contributed by atoms with Crippen molar-refractivity contribution in [2.45, 2.75) is 32.7 Å². The molecular formula is C17H21NO4. The van der Waals surface area contributed by atoms with E-state index in [0.717, 1.165) is 43.9 Å². The van der Waals surface area contributed by atoms with Gasteiger partial charge >= 0.3 is 5.97 Å². The third-order valence-corrected chi connectivity index (χ3v) is 4.49. The molecule has 0 bridgehead atoms. The van der Waals surface area contributed by atoms with Crippen molar-refractivity contribution >= 4 is 22.6 Å². The van der Waals surface area contributed by atoms with Crippen LogP contribution in [0.1, 0.15) is 35.7 Å². The smallest absolute Gasteiger partial charge is 0.336 e. The van der Waals surface area contributed by atoms with Gasteiger partial charge in [0.2, 0.25) is 0 Å². The van der Waals surface area contributed by atoms with Crippen LogP contribution in [-0.4, -0.2) is 36.9 Å². The van der Waals surface area contributed by atoms with E-state index < -0.39 is 5.97 Å². The molecule has 0 unspecified atom stereocenters. The fraction of sp³-hybridized carbons (Fsp3) is 0.471. The third kappa shape index (κ3) is 2.46. The predicted molar refractivity (Wildman–Crippen MR) is 84.8 cm³/mol. The Hall–Kier alpha value is -2.01. The molecule has 3 rings (SSSR count). The average molecular weight is 303 g/mol. The molecule has 1 fully saturated rings. The van der Waals surface area contributed by atoms with Crippen LogP contribution in [0, 0.1) is 6.92 Å². The van der Waals surface area contributed by atoms with Gasteiger partial charge in [-0.15, -0.1) is 0 Å². The van der Waals surface area contributed by atoms with Crippen molar-refractivity contribution in [3.05, 3.63) is 29.5 Å². The maximum Gasteiger partial charge on any atom is 0.336 e. The Bertz CT molecular complexity index is 685. The summed E-state index contributed by atoms with van der Waals surface area (Å²) >= 11 is 0. The van der Waals surface area contributed by atoms with E-state index in [-0.39, 0.29) is 0 Å². The van der Waals surface area contributed by atoms with Gasteiger partial charge in [0.25, 0.3) is 0 Å². The summed E-state index contributed by atoms with van der Waals surface area (Å²) in [6.07, 6.45) is 3.48. The number of hydrogen-bond acceptors (Lipinski definition) is 4. The molecule has 118 valence electrons. The van der Waals surface area contributed by atoms with Gasteiger partial charge in [0, 0.05) is 42.9 Å². The van der Waals surface area contributed by atoms with Crippen LogP contribution in [0.25, 0.3) is 11.0 Å². The molecule has 1 aromatic heterocycles. The van der Waals surface area contributed by atoms with E-state index in [1.165, 1.54) is 0 Å². The van der Waals surface area contributed by atoms with Crippen LogP contribution >= 0.6 is 0 Å². The number of carboxylic acid groups (broad SMARTS) is 1. The number of benzene rings is 1. The van der Waals surface area contributed by atoms with E-state index in [9.17, 15) is 9.90 Å². The summed E-state index contributed by atoms with van der Waals surface area (Å²) in [6.45, 7) is 6.33. The molecule has 1 aliphatic heterocycles. The number of ether oxygens (including phenoxy) is 1. The molecule has 0 spiro atoms. The second-order valence-electron chi connectivity index (χ2n) is 5.66. The van der Waals surface area contributed by atoms with E-state index in [0.29, 0.717) is 22.6 Å². The lowest BCUT2D eigenvalue weighted by atomic mass is 9.99. The summed E-state index contributed by atoms with van der Waals surface area (Å²) in [5.74, 6) is -0.909. The zero-order valence-corrected chi connectivity index (χ0v) is 13.0. The summed E-state index contributed by atoms with van der Waals surface area (Å²) in [5, 5.41) is 10.3. The lowest BCUT2D eigenvalue weighted by Gasteiger charge is -2.36. The normalized spacial score (nSPS) is 16.1. The maximum atomic E-state index is 11.7. The Labute approximate surface area is 129 Å². The van der Waals surface area contributed by atoms with Gasteiger partial charge in [-0.3, -0.25) is 0 Å². The molecule has 22 heavy (non-hydrogen) atoms. The molecule has 0 saturated carbocycles. The summed E-state index contributed by atoms with van der Waals surface area (Å²) in [5.41, 5.74) is 2.72. The highest BCUT2D eigenvalue weighted by molar-refractivity contribution is 6.05. The average Bonchev–Trinajstić information content (AvgIpc) is 2.97. The van der Waals surface area contributed by atoms with Crippen molar-refractivity contribution in [1.82, 2.24) is 0 Å². The summed E-state index contributed by atoms with van der Waals surface area (Å²) in [4.78, 5) is 14.0. The maximum absolute atomic E-state index is 11.7. The highest BCUT2D eigenvalue weighted by Gasteiger charge is 2.25. The van der Waals surface area contributed by atoms with Crippen molar-refractivity contribution in [2.75, 3.05) is 24.7 Å². The first-order valence-corrected chi connectivity index (χ1v) is 7.72. The van der Waals surface area contributed by atoms with Gasteiger partial charge in [-0.2, -0.15) is 0 Å². The first kappa shape index (κ1) is 14.9. The number of carbonyl (C=O) groups is 1. The monoisotopic (exact) mass is 303 g/mol. The largest absolute Gasteiger partial charge is 0.478 e. The highest BCUT2D eigenvalue weighted by Crippen LogP contribution is 2.34. The van der Waals surface area contributed by atoms with Crippen molar-refractivity contribution < 1.29 is 19.1 Å². The van der Waals surface area contributed by atoms with Crippen LogP contribution in [0.2, 0.25) is 0 Å². The van der Waals surface area contributed by atoms with Crippen LogP contribution in [-0.2, 0) is 4.74 Å². The fourth-order valence-corrected chi connectivity index (χ4v) is 3.40. The van der Waals surface area contributed by atoms with Gasteiger partial charge in [0.1, 0.15) is 5.58 Å². The molecule has 0 aliphatic carbocycles. The first-order valence-electron chi connectivity index (χ1n) is 7.72. The van der Waals surface area contributed by atoms with E-state index in [1.807, 2.05) is 13.0 Å². The Kier molecular flexibility index (Phi) is 4.07. The molecule has 0 radical (unpaired) electrons. The molecule has 1 aliphatic rings. The van der Waals surface area contributed by atoms with E-state index >= 15 is 0 Å². The Balaban J connectivity index is 2.12. The quantitative estimate of drug-likeness (QED) is 0.937. The minimum absolute atomic E-state index is 0.340. The van der Waals surface area contributed by atoms with Gasteiger partial charge in [-0.05, 0) is 38.3 Å². The van der Waals surface area contributed by atoms with Crippen molar-refractivity contribution in [3.8, 4) is 0 Å². The molecule has 1 N–H and O–H groups in total. The van der Waals surface area contributed by atoms with Crippen LogP contribution in [0.4, 0.5) is 5.69 Å². The molecule has 5 nitrogen and oxygen atoms in total. The molecule has 1 saturated heterocycles. The van der Waals surface area contributed by atoms with Gasteiger partial charge < -0.3 is 19.2 Å². The van der Waals surface area contributed by atoms with Crippen molar-refractivity contribution in [3.63, 3.8) is 0 Å². The van der Waals surface area contributed by atoms with Crippen molar-refractivity contribution in [1.29, 1.82) is 0 Å². The van der Waals surface area contributed by atoms with Gasteiger partial charge in [0.05, 0.1) is 11.8 Å². The first-order chi connectivity index (χ1) is 10.6. The number of carboxylic acids is 1. The highest BCUT2D eigenvalue weighted by atomic mass is 16.5.